The van der Waals surface area contributed by atoms with E-state index in [2.05, 4.69) is 25.7 Å². The lowest BCUT2D eigenvalue weighted by atomic mass is 10.2. The molecule has 0 saturated carbocycles. The van der Waals surface area contributed by atoms with Gasteiger partial charge in [0.25, 0.3) is 5.56 Å². The third-order valence-corrected chi connectivity index (χ3v) is 2.36. The smallest absolute Gasteiger partial charge is 0.274 e. The number of nitrogens with zero attached hydrogens (tertiary/aromatic N) is 3. The van der Waals surface area contributed by atoms with Crippen molar-refractivity contribution in [2.75, 3.05) is 12.5 Å². The fourth-order valence-corrected chi connectivity index (χ4v) is 1.30. The highest BCUT2D eigenvalue weighted by Gasteiger charge is 1.97. The van der Waals surface area contributed by atoms with Gasteiger partial charge >= 0.3 is 0 Å². The minimum Gasteiger partial charge on any atom is -0.497 e. The lowest BCUT2D eigenvalue weighted by Gasteiger charge is -1.99. The Balaban J connectivity index is 2.02. The Hall–Kier alpha value is -2.70. The van der Waals surface area contributed by atoms with Gasteiger partial charge in [0, 0.05) is 0 Å². The van der Waals surface area contributed by atoms with E-state index in [1.54, 1.807) is 20.2 Å². The summed E-state index contributed by atoms with van der Waals surface area (Å²) in [4.78, 5) is 13.8. The van der Waals surface area contributed by atoms with Crippen molar-refractivity contribution < 1.29 is 4.74 Å². The van der Waals surface area contributed by atoms with E-state index in [0.29, 0.717) is 5.69 Å². The second-order valence-electron chi connectivity index (χ2n) is 3.73. The van der Waals surface area contributed by atoms with Crippen LogP contribution in [0.25, 0.3) is 0 Å². The molecule has 0 aliphatic carbocycles. The molecule has 1 aromatic carbocycles. The van der Waals surface area contributed by atoms with Gasteiger partial charge in [-0.3, -0.25) is 9.78 Å². The van der Waals surface area contributed by atoms with Crippen molar-refractivity contribution in [2.45, 2.75) is 6.92 Å². The van der Waals surface area contributed by atoms with Crippen LogP contribution < -0.4 is 15.7 Å². The molecule has 1 heterocycles. The predicted molar refractivity (Wildman–Crippen MR) is 71.6 cm³/mol. The van der Waals surface area contributed by atoms with E-state index in [1.807, 2.05) is 24.3 Å². The van der Waals surface area contributed by atoms with Crippen LogP contribution in [0, 0.1) is 6.92 Å². The summed E-state index contributed by atoms with van der Waals surface area (Å²) in [5.74, 6) is 0.971. The zero-order chi connectivity index (χ0) is 13.7. The highest BCUT2D eigenvalue weighted by Crippen LogP contribution is 2.09. The third kappa shape index (κ3) is 3.38. The summed E-state index contributed by atoms with van der Waals surface area (Å²) >= 11 is 0. The summed E-state index contributed by atoms with van der Waals surface area (Å²) in [6.07, 6.45) is 1.60. The number of nitrogens with one attached hydrogen (secondary N) is 2. The number of hydrogen-bond acceptors (Lipinski definition) is 6. The molecule has 98 valence electrons. The SMILES string of the molecule is COc1ccc(/C=N\Nc2nnc(C)c(=O)[nH]2)cc1. The maximum atomic E-state index is 11.3. The van der Waals surface area contributed by atoms with Crippen LogP contribution in [0.15, 0.2) is 34.2 Å². The van der Waals surface area contributed by atoms with Crippen molar-refractivity contribution in [3.63, 3.8) is 0 Å². The molecule has 0 amide bonds. The molecule has 7 heteroatoms. The molecule has 0 saturated heterocycles. The Morgan fingerprint density at radius 3 is 2.68 bits per heavy atom. The Bertz CT molecular complexity index is 633. The Morgan fingerprint density at radius 1 is 1.32 bits per heavy atom. The second-order valence-corrected chi connectivity index (χ2v) is 3.73. The van der Waals surface area contributed by atoms with Crippen molar-refractivity contribution >= 4 is 12.2 Å². The molecule has 2 N–H and O–H groups in total. The first-order valence-corrected chi connectivity index (χ1v) is 5.56. The molecule has 19 heavy (non-hydrogen) atoms. The van der Waals surface area contributed by atoms with Gasteiger partial charge in [0.15, 0.2) is 0 Å². The van der Waals surface area contributed by atoms with Crippen molar-refractivity contribution in [2.24, 2.45) is 5.10 Å². The molecule has 0 atom stereocenters. The van der Waals surface area contributed by atoms with E-state index in [1.165, 1.54) is 0 Å². The maximum absolute atomic E-state index is 11.3. The highest BCUT2D eigenvalue weighted by atomic mass is 16.5. The summed E-state index contributed by atoms with van der Waals surface area (Å²) in [7, 11) is 1.61. The van der Waals surface area contributed by atoms with Crippen LogP contribution in [0.3, 0.4) is 0 Å². The molecule has 0 aliphatic rings. The molecule has 0 unspecified atom stereocenters. The van der Waals surface area contributed by atoms with Gasteiger partial charge < -0.3 is 4.74 Å². The first-order valence-electron chi connectivity index (χ1n) is 5.56. The lowest BCUT2D eigenvalue weighted by molar-refractivity contribution is 0.415. The quantitative estimate of drug-likeness (QED) is 0.629. The van der Waals surface area contributed by atoms with Crippen LogP contribution in [0.1, 0.15) is 11.3 Å². The van der Waals surface area contributed by atoms with Gasteiger partial charge in [-0.15, -0.1) is 10.2 Å². The summed E-state index contributed by atoms with van der Waals surface area (Å²) in [6.45, 7) is 1.58. The maximum Gasteiger partial charge on any atom is 0.274 e. The third-order valence-electron chi connectivity index (χ3n) is 2.36. The van der Waals surface area contributed by atoms with E-state index < -0.39 is 0 Å². The molecule has 2 aromatic rings. The Morgan fingerprint density at radius 2 is 2.05 bits per heavy atom. The Kier molecular flexibility index (Phi) is 3.87. The average molecular weight is 259 g/mol. The average Bonchev–Trinajstić information content (AvgIpc) is 2.43. The first-order chi connectivity index (χ1) is 9.19. The molecule has 7 nitrogen and oxygen atoms in total. The molecule has 1 aromatic heterocycles. The molecule has 2 rings (SSSR count). The molecule has 0 radical (unpaired) electrons. The van der Waals surface area contributed by atoms with E-state index in [-0.39, 0.29) is 11.5 Å². The van der Waals surface area contributed by atoms with Crippen molar-refractivity contribution in [1.82, 2.24) is 15.2 Å². The number of hydrazone groups is 1. The largest absolute Gasteiger partial charge is 0.497 e. The fraction of sp³-hybridized carbons (Fsp3) is 0.167. The topological polar surface area (TPSA) is 92.3 Å². The monoisotopic (exact) mass is 259 g/mol. The minimum atomic E-state index is -0.294. The van der Waals surface area contributed by atoms with Gasteiger partial charge in [-0.2, -0.15) is 5.10 Å². The molecular weight excluding hydrogens is 246 g/mol. The molecule has 0 fully saturated rings. The van der Waals surface area contributed by atoms with Gasteiger partial charge in [0.1, 0.15) is 11.4 Å². The summed E-state index contributed by atoms with van der Waals surface area (Å²) in [6, 6.07) is 7.37. The summed E-state index contributed by atoms with van der Waals surface area (Å²) in [5.41, 5.74) is 3.50. The zero-order valence-corrected chi connectivity index (χ0v) is 10.5. The van der Waals surface area contributed by atoms with Crippen LogP contribution in [-0.2, 0) is 0 Å². The normalized spacial score (nSPS) is 10.6. The van der Waals surface area contributed by atoms with Gasteiger partial charge in [-0.1, -0.05) is 0 Å². The van der Waals surface area contributed by atoms with Crippen molar-refractivity contribution in [3.05, 3.63) is 45.9 Å². The van der Waals surface area contributed by atoms with E-state index in [0.717, 1.165) is 11.3 Å². The molecule has 0 bridgehead atoms. The van der Waals surface area contributed by atoms with Crippen molar-refractivity contribution in [3.8, 4) is 5.75 Å². The van der Waals surface area contributed by atoms with Crippen LogP contribution in [0.5, 0.6) is 5.75 Å². The number of rotatable bonds is 4. The molecule has 0 aliphatic heterocycles. The van der Waals surface area contributed by atoms with E-state index in [9.17, 15) is 4.79 Å². The number of benzene rings is 1. The number of hydrogen-bond donors (Lipinski definition) is 2. The van der Waals surface area contributed by atoms with E-state index in [4.69, 9.17) is 4.74 Å². The highest BCUT2D eigenvalue weighted by molar-refractivity contribution is 5.80. The van der Waals surface area contributed by atoms with Gasteiger partial charge in [0.05, 0.1) is 13.3 Å². The number of H-pyrrole nitrogens is 1. The molecule has 0 spiro atoms. The molecular formula is C12H13N5O2. The fourth-order valence-electron chi connectivity index (χ4n) is 1.30. The number of methoxy groups -OCH3 is 1. The Labute approximate surface area is 109 Å². The van der Waals surface area contributed by atoms with E-state index >= 15 is 0 Å². The lowest BCUT2D eigenvalue weighted by Crippen LogP contribution is -2.15. The summed E-state index contributed by atoms with van der Waals surface area (Å²) < 4.78 is 5.05. The number of aryl methyl sites for hydroxylation is 1. The number of ether oxygens (including phenoxy) is 1. The first kappa shape index (κ1) is 12.7. The number of aromatic nitrogens is 3. The predicted octanol–water partition coefficient (Wildman–Crippen LogP) is 0.928. The zero-order valence-electron chi connectivity index (χ0n) is 10.5. The van der Waals surface area contributed by atoms with Crippen LogP contribution in [0.2, 0.25) is 0 Å². The second kappa shape index (κ2) is 5.76. The van der Waals surface area contributed by atoms with Gasteiger partial charge in [0.2, 0.25) is 5.95 Å². The van der Waals surface area contributed by atoms with Crippen LogP contribution in [0.4, 0.5) is 5.95 Å². The van der Waals surface area contributed by atoms with Crippen molar-refractivity contribution in [1.29, 1.82) is 0 Å². The summed E-state index contributed by atoms with van der Waals surface area (Å²) in [5, 5.41) is 11.4. The number of anilines is 1. The minimum absolute atomic E-state index is 0.195. The van der Waals surface area contributed by atoms with Crippen LogP contribution in [-0.4, -0.2) is 28.5 Å². The van der Waals surface area contributed by atoms with Crippen LogP contribution >= 0.6 is 0 Å². The van der Waals surface area contributed by atoms with Gasteiger partial charge in [-0.05, 0) is 36.8 Å². The number of aromatic amines is 1. The standard InChI is InChI=1S/C12H13N5O2/c1-8-11(18)14-12(17-15-8)16-13-7-9-3-5-10(19-2)6-4-9/h3-7H,1-2H3,(H2,14,16,17,18)/b13-7-. The van der Waals surface area contributed by atoms with Gasteiger partial charge in [-0.25, -0.2) is 5.43 Å².